The van der Waals surface area contributed by atoms with Gasteiger partial charge in [0, 0.05) is 22.5 Å². The third kappa shape index (κ3) is 3.35. The lowest BCUT2D eigenvalue weighted by molar-refractivity contribution is 0.394. The van der Waals surface area contributed by atoms with E-state index in [-0.39, 0.29) is 17.0 Å². The molecule has 1 N–H and O–H groups in total. The van der Waals surface area contributed by atoms with Crippen LogP contribution in [0.4, 0.5) is 0 Å². The lowest BCUT2D eigenvalue weighted by Gasteiger charge is -2.05. The van der Waals surface area contributed by atoms with Crippen LogP contribution < -0.4 is 5.56 Å². The Morgan fingerprint density at radius 3 is 2.76 bits per heavy atom. The van der Waals surface area contributed by atoms with Crippen molar-refractivity contribution in [3.63, 3.8) is 0 Å². The highest BCUT2D eigenvalue weighted by atomic mass is 35.5. The van der Waals surface area contributed by atoms with Gasteiger partial charge in [0.25, 0.3) is 5.56 Å². The lowest BCUT2D eigenvalue weighted by Crippen LogP contribution is -2.11. The number of nitrogens with one attached hydrogen (secondary N) is 1. The van der Waals surface area contributed by atoms with Gasteiger partial charge in [-0.1, -0.05) is 16.8 Å². The van der Waals surface area contributed by atoms with Crippen LogP contribution in [0.5, 0.6) is 0 Å². The number of halogens is 1. The highest BCUT2D eigenvalue weighted by Gasteiger charge is 2.15. The number of H-pyrrole nitrogens is 1. The number of aryl methyl sites for hydroxylation is 2. The first-order chi connectivity index (χ1) is 13.9. The minimum atomic E-state index is -0.327. The predicted octanol–water partition coefficient (Wildman–Crippen LogP) is 4.34. The molecule has 29 heavy (non-hydrogen) atoms. The maximum Gasteiger partial charge on any atom is 0.259 e. The van der Waals surface area contributed by atoms with Crippen molar-refractivity contribution in [2.75, 3.05) is 0 Å². The van der Waals surface area contributed by atoms with Crippen molar-refractivity contribution < 1.29 is 4.52 Å². The standard InChI is InChI=1S/C21H16ClN5O2/c1-11-6-14(13(3)27(11)19-7-12(2)29-26-19)8-15(10-23)20-24-18-9-16(22)4-5-17(18)21(28)25-20/h4-9H,1-3H3,(H,24,25,28). The van der Waals surface area contributed by atoms with Crippen LogP contribution in [0, 0.1) is 32.1 Å². The van der Waals surface area contributed by atoms with Crippen molar-refractivity contribution in [3.05, 3.63) is 74.2 Å². The highest BCUT2D eigenvalue weighted by Crippen LogP contribution is 2.25. The van der Waals surface area contributed by atoms with Crippen LogP contribution in [0.15, 0.2) is 39.6 Å². The predicted molar refractivity (Wildman–Crippen MR) is 111 cm³/mol. The van der Waals surface area contributed by atoms with Crippen LogP contribution in [-0.2, 0) is 0 Å². The smallest absolute Gasteiger partial charge is 0.259 e. The Kier molecular flexibility index (Phi) is 4.57. The molecule has 1 aromatic carbocycles. The summed E-state index contributed by atoms with van der Waals surface area (Å²) in [6, 6.07) is 10.7. The van der Waals surface area contributed by atoms with Crippen molar-refractivity contribution in [1.82, 2.24) is 19.7 Å². The van der Waals surface area contributed by atoms with Crippen LogP contribution in [0.25, 0.3) is 28.4 Å². The van der Waals surface area contributed by atoms with Crippen LogP contribution in [0.1, 0.15) is 28.5 Å². The van der Waals surface area contributed by atoms with Gasteiger partial charge in [-0.2, -0.15) is 5.26 Å². The molecule has 0 bridgehead atoms. The molecule has 0 radical (unpaired) electrons. The van der Waals surface area contributed by atoms with Crippen LogP contribution >= 0.6 is 11.6 Å². The van der Waals surface area contributed by atoms with Gasteiger partial charge >= 0.3 is 0 Å². The number of aromatic nitrogens is 4. The molecule has 0 aliphatic rings. The number of nitriles is 1. The summed E-state index contributed by atoms with van der Waals surface area (Å²) in [6.07, 6.45) is 1.69. The van der Waals surface area contributed by atoms with E-state index in [0.29, 0.717) is 27.5 Å². The van der Waals surface area contributed by atoms with E-state index in [1.165, 1.54) is 0 Å². The highest BCUT2D eigenvalue weighted by molar-refractivity contribution is 6.31. The Balaban J connectivity index is 1.85. The van der Waals surface area contributed by atoms with E-state index in [4.69, 9.17) is 16.1 Å². The average Bonchev–Trinajstić information content (AvgIpc) is 3.21. The van der Waals surface area contributed by atoms with E-state index in [2.05, 4.69) is 21.2 Å². The van der Waals surface area contributed by atoms with Gasteiger partial charge in [0.15, 0.2) is 11.6 Å². The SMILES string of the molecule is Cc1cc(-n2c(C)cc(C=C(C#N)c3nc4cc(Cl)ccc4c(=O)[nH]3)c2C)no1. The molecule has 0 spiro atoms. The molecule has 144 valence electrons. The maximum absolute atomic E-state index is 12.4. The number of hydrogen-bond acceptors (Lipinski definition) is 5. The second-order valence-corrected chi connectivity index (χ2v) is 7.14. The van der Waals surface area contributed by atoms with Gasteiger partial charge in [0.1, 0.15) is 11.8 Å². The van der Waals surface area contributed by atoms with Gasteiger partial charge in [-0.3, -0.25) is 9.36 Å². The molecule has 3 aromatic heterocycles. The summed E-state index contributed by atoms with van der Waals surface area (Å²) in [7, 11) is 0. The average molecular weight is 406 g/mol. The molecule has 0 saturated carbocycles. The Hall–Kier alpha value is -3.63. The minimum Gasteiger partial charge on any atom is -0.360 e. The van der Waals surface area contributed by atoms with Crippen molar-refractivity contribution in [3.8, 4) is 11.9 Å². The number of rotatable bonds is 3. The quantitative estimate of drug-likeness (QED) is 0.511. The summed E-state index contributed by atoms with van der Waals surface area (Å²) in [5, 5.41) is 14.6. The third-order valence-corrected chi connectivity index (χ3v) is 4.89. The minimum absolute atomic E-state index is 0.189. The molecule has 0 aliphatic heterocycles. The van der Waals surface area contributed by atoms with Gasteiger partial charge in [-0.25, -0.2) is 4.98 Å². The number of hydrogen-bond donors (Lipinski definition) is 1. The first-order valence-electron chi connectivity index (χ1n) is 8.82. The summed E-state index contributed by atoms with van der Waals surface area (Å²) >= 11 is 6.02. The molecule has 0 amide bonds. The second kappa shape index (κ2) is 7.08. The summed E-state index contributed by atoms with van der Waals surface area (Å²) in [5.74, 6) is 1.57. The first kappa shape index (κ1) is 18.7. The fourth-order valence-corrected chi connectivity index (χ4v) is 3.46. The molecule has 7 nitrogen and oxygen atoms in total. The molecule has 0 aliphatic carbocycles. The molecular formula is C21H16ClN5O2. The van der Waals surface area contributed by atoms with Crippen molar-refractivity contribution >= 4 is 34.2 Å². The number of fused-ring (bicyclic) bond motifs is 1. The number of nitrogens with zero attached hydrogens (tertiary/aromatic N) is 4. The first-order valence-corrected chi connectivity index (χ1v) is 9.19. The number of benzene rings is 1. The van der Waals surface area contributed by atoms with Crippen LogP contribution in [0.2, 0.25) is 5.02 Å². The van der Waals surface area contributed by atoms with E-state index in [9.17, 15) is 10.1 Å². The van der Waals surface area contributed by atoms with Gasteiger partial charge in [0.2, 0.25) is 0 Å². The zero-order chi connectivity index (χ0) is 20.7. The Bertz CT molecular complexity index is 1380. The zero-order valence-corrected chi connectivity index (χ0v) is 16.7. The molecule has 8 heteroatoms. The van der Waals surface area contributed by atoms with E-state index in [1.807, 2.05) is 37.5 Å². The van der Waals surface area contributed by atoms with E-state index >= 15 is 0 Å². The topological polar surface area (TPSA) is 100 Å². The van der Waals surface area contributed by atoms with Gasteiger partial charge in [-0.05, 0) is 56.7 Å². The number of aromatic amines is 1. The third-order valence-electron chi connectivity index (χ3n) is 4.66. The van der Waals surface area contributed by atoms with Gasteiger partial charge in [-0.15, -0.1) is 0 Å². The van der Waals surface area contributed by atoms with Gasteiger partial charge < -0.3 is 9.51 Å². The molecule has 3 heterocycles. The Morgan fingerprint density at radius 2 is 2.07 bits per heavy atom. The molecule has 0 saturated heterocycles. The van der Waals surface area contributed by atoms with E-state index < -0.39 is 0 Å². The molecule has 4 rings (SSSR count). The summed E-state index contributed by atoms with van der Waals surface area (Å²) < 4.78 is 7.11. The molecule has 0 atom stereocenters. The zero-order valence-electron chi connectivity index (χ0n) is 15.9. The van der Waals surface area contributed by atoms with Crippen LogP contribution in [0.3, 0.4) is 0 Å². The van der Waals surface area contributed by atoms with Gasteiger partial charge in [0.05, 0.1) is 16.5 Å². The molecule has 0 fully saturated rings. The number of allylic oxidation sites excluding steroid dienone is 1. The maximum atomic E-state index is 12.4. The molecule has 4 aromatic rings. The van der Waals surface area contributed by atoms with Crippen molar-refractivity contribution in [2.24, 2.45) is 0 Å². The fraction of sp³-hybridized carbons (Fsp3) is 0.143. The lowest BCUT2D eigenvalue weighted by atomic mass is 10.1. The molecular weight excluding hydrogens is 390 g/mol. The molecule has 0 unspecified atom stereocenters. The van der Waals surface area contributed by atoms with Crippen molar-refractivity contribution in [1.29, 1.82) is 5.26 Å². The summed E-state index contributed by atoms with van der Waals surface area (Å²) in [4.78, 5) is 19.5. The second-order valence-electron chi connectivity index (χ2n) is 6.70. The van der Waals surface area contributed by atoms with Crippen LogP contribution in [-0.4, -0.2) is 19.7 Å². The monoisotopic (exact) mass is 405 g/mol. The fourth-order valence-electron chi connectivity index (χ4n) is 3.29. The van der Waals surface area contributed by atoms with E-state index in [1.54, 1.807) is 24.3 Å². The Morgan fingerprint density at radius 1 is 1.28 bits per heavy atom. The summed E-state index contributed by atoms with van der Waals surface area (Å²) in [6.45, 7) is 5.69. The Labute approximate surface area is 170 Å². The van der Waals surface area contributed by atoms with E-state index in [0.717, 1.165) is 17.0 Å². The largest absolute Gasteiger partial charge is 0.360 e. The summed E-state index contributed by atoms with van der Waals surface area (Å²) in [5.41, 5.74) is 2.97. The van der Waals surface area contributed by atoms with Crippen molar-refractivity contribution in [2.45, 2.75) is 20.8 Å². The normalized spacial score (nSPS) is 11.8.